The molecule has 1 atom stereocenters. The first kappa shape index (κ1) is 68.0. The van der Waals surface area contributed by atoms with Gasteiger partial charge in [-0.15, -0.1) is 0 Å². The summed E-state index contributed by atoms with van der Waals surface area (Å²) < 4.78 is 16.8. The number of ether oxygens (including phenoxy) is 3. The Kier molecular flexibility index (Phi) is 55.5. The zero-order valence-electron chi connectivity index (χ0n) is 46.6. The zero-order valence-corrected chi connectivity index (χ0v) is 46.6. The SMILES string of the molecule is CC/C=C/C/C=C/C/C=C/C/C=C/C/C=C/CCCCCC(=O)OC[C@@H](COC(=O)CCC/C=C/C/C=C/C/C=C/C/C=C/CCCCC)OC(=O)CCCCC/C=C/C/C=C/C/C=C/C/C=C/CCCCC. The number of allylic oxidation sites excluding steroid dienone is 26. The van der Waals surface area contributed by atoms with Crippen LogP contribution in [0.15, 0.2) is 158 Å². The van der Waals surface area contributed by atoms with E-state index in [-0.39, 0.29) is 44.0 Å². The summed E-state index contributed by atoms with van der Waals surface area (Å²) in [7, 11) is 0. The Bertz CT molecular complexity index is 1670. The summed E-state index contributed by atoms with van der Waals surface area (Å²) in [5.41, 5.74) is 0. The van der Waals surface area contributed by atoms with Crippen LogP contribution in [0.3, 0.4) is 0 Å². The van der Waals surface area contributed by atoms with Crippen molar-refractivity contribution < 1.29 is 28.6 Å². The smallest absolute Gasteiger partial charge is 0.306 e. The van der Waals surface area contributed by atoms with E-state index in [0.717, 1.165) is 122 Å². The maximum atomic E-state index is 12.9. The number of hydrogen-bond acceptors (Lipinski definition) is 6. The van der Waals surface area contributed by atoms with E-state index in [1.54, 1.807) is 0 Å². The largest absolute Gasteiger partial charge is 0.462 e. The van der Waals surface area contributed by atoms with E-state index in [1.165, 1.54) is 51.4 Å². The van der Waals surface area contributed by atoms with E-state index in [1.807, 2.05) is 0 Å². The lowest BCUT2D eigenvalue weighted by Crippen LogP contribution is -2.30. The molecule has 0 spiro atoms. The number of esters is 3. The van der Waals surface area contributed by atoms with Crippen LogP contribution in [0.25, 0.3) is 0 Å². The van der Waals surface area contributed by atoms with Crippen molar-refractivity contribution in [2.45, 2.75) is 232 Å². The van der Waals surface area contributed by atoms with Crippen molar-refractivity contribution >= 4 is 17.9 Å². The number of unbranched alkanes of at least 4 members (excludes halogenated alkanes) is 13. The minimum Gasteiger partial charge on any atom is -0.462 e. The predicted octanol–water partition coefficient (Wildman–Crippen LogP) is 19.8. The van der Waals surface area contributed by atoms with Gasteiger partial charge in [0, 0.05) is 19.3 Å². The van der Waals surface area contributed by atoms with Crippen LogP contribution in [0.1, 0.15) is 226 Å². The Morgan fingerprint density at radius 3 is 0.863 bits per heavy atom. The Morgan fingerprint density at radius 1 is 0.288 bits per heavy atom. The molecule has 0 aliphatic heterocycles. The van der Waals surface area contributed by atoms with Crippen molar-refractivity contribution in [3.63, 3.8) is 0 Å². The molecule has 0 bridgehead atoms. The summed E-state index contributed by atoms with van der Waals surface area (Å²) >= 11 is 0. The van der Waals surface area contributed by atoms with E-state index < -0.39 is 6.10 Å². The Hall–Kier alpha value is -4.97. The average molecular weight is 1010 g/mol. The van der Waals surface area contributed by atoms with Gasteiger partial charge in [0.15, 0.2) is 6.10 Å². The Balaban J connectivity index is 4.63. The number of carbonyl (C=O) groups excluding carboxylic acids is 3. The zero-order chi connectivity index (χ0) is 52.9. The lowest BCUT2D eigenvalue weighted by atomic mass is 10.1. The molecule has 0 aliphatic carbocycles. The molecule has 73 heavy (non-hydrogen) atoms. The summed E-state index contributed by atoms with van der Waals surface area (Å²) in [6, 6.07) is 0. The molecular weight excluding hydrogens is 901 g/mol. The number of rotatable bonds is 50. The minimum absolute atomic E-state index is 0.133. The van der Waals surface area contributed by atoms with E-state index in [4.69, 9.17) is 14.2 Å². The van der Waals surface area contributed by atoms with Crippen LogP contribution in [0.2, 0.25) is 0 Å². The molecule has 0 aromatic carbocycles. The molecule has 0 rings (SSSR count). The average Bonchev–Trinajstić information content (AvgIpc) is 3.39. The van der Waals surface area contributed by atoms with Crippen LogP contribution in [0.5, 0.6) is 0 Å². The van der Waals surface area contributed by atoms with Gasteiger partial charge >= 0.3 is 17.9 Å². The molecule has 0 unspecified atom stereocenters. The normalized spacial score (nSPS) is 13.3. The van der Waals surface area contributed by atoms with Crippen LogP contribution in [-0.4, -0.2) is 37.2 Å². The lowest BCUT2D eigenvalue weighted by molar-refractivity contribution is -0.167. The summed E-state index contributed by atoms with van der Waals surface area (Å²) in [5.74, 6) is -1.06. The molecule has 0 saturated carbocycles. The van der Waals surface area contributed by atoms with Gasteiger partial charge in [0.05, 0.1) is 0 Å². The highest BCUT2D eigenvalue weighted by Gasteiger charge is 2.19. The second-order valence-electron chi connectivity index (χ2n) is 18.5. The fraction of sp³-hybridized carbons (Fsp3) is 0.567. The molecule has 0 radical (unpaired) electrons. The lowest BCUT2D eigenvalue weighted by Gasteiger charge is -2.18. The predicted molar refractivity (Wildman–Crippen MR) is 315 cm³/mol. The molecule has 0 amide bonds. The fourth-order valence-corrected chi connectivity index (χ4v) is 7.15. The first-order valence-electron chi connectivity index (χ1n) is 29.0. The van der Waals surface area contributed by atoms with Gasteiger partial charge in [-0.05, 0) is 148 Å². The molecule has 0 saturated heterocycles. The van der Waals surface area contributed by atoms with Crippen LogP contribution in [-0.2, 0) is 28.6 Å². The highest BCUT2D eigenvalue weighted by molar-refractivity contribution is 5.71. The Labute approximate surface area is 448 Å². The van der Waals surface area contributed by atoms with Gasteiger partial charge in [-0.1, -0.05) is 217 Å². The van der Waals surface area contributed by atoms with Gasteiger partial charge in [-0.3, -0.25) is 14.4 Å². The van der Waals surface area contributed by atoms with Gasteiger partial charge in [0.25, 0.3) is 0 Å². The quantitative estimate of drug-likeness (QED) is 0.0261. The van der Waals surface area contributed by atoms with E-state index >= 15 is 0 Å². The molecule has 0 fully saturated rings. The number of hydrogen-bond donors (Lipinski definition) is 0. The van der Waals surface area contributed by atoms with Crippen LogP contribution >= 0.6 is 0 Å². The molecule has 408 valence electrons. The maximum absolute atomic E-state index is 12.9. The highest BCUT2D eigenvalue weighted by atomic mass is 16.6. The molecule has 0 aromatic rings. The molecular formula is C67H104O6. The Morgan fingerprint density at radius 2 is 0.548 bits per heavy atom. The van der Waals surface area contributed by atoms with E-state index in [0.29, 0.717) is 19.3 Å². The van der Waals surface area contributed by atoms with Gasteiger partial charge in [0.2, 0.25) is 0 Å². The summed E-state index contributed by atoms with van der Waals surface area (Å²) in [5, 5.41) is 0. The van der Waals surface area contributed by atoms with Crippen molar-refractivity contribution in [1.29, 1.82) is 0 Å². The third-order valence-electron chi connectivity index (χ3n) is 11.5. The monoisotopic (exact) mass is 1000 g/mol. The third kappa shape index (κ3) is 57.8. The van der Waals surface area contributed by atoms with Crippen molar-refractivity contribution in [2.75, 3.05) is 13.2 Å². The van der Waals surface area contributed by atoms with Crippen LogP contribution in [0.4, 0.5) is 0 Å². The molecule has 0 aromatic heterocycles. The van der Waals surface area contributed by atoms with Gasteiger partial charge in [0.1, 0.15) is 13.2 Å². The topological polar surface area (TPSA) is 78.9 Å². The molecule has 0 heterocycles. The fourth-order valence-electron chi connectivity index (χ4n) is 7.15. The minimum atomic E-state index is -0.840. The van der Waals surface area contributed by atoms with Gasteiger partial charge in [-0.2, -0.15) is 0 Å². The van der Waals surface area contributed by atoms with Crippen molar-refractivity contribution in [3.05, 3.63) is 158 Å². The summed E-state index contributed by atoms with van der Waals surface area (Å²) in [6.45, 7) is 6.35. The standard InChI is InChI=1S/C67H104O6/c1-4-7-10-13-16-19-22-25-28-31-33-36-39-42-45-48-51-54-57-60-66(69)72-63-64(62-71-65(68)59-56-53-50-47-44-41-38-35-30-27-24-21-18-15-12-9-6-3)73-67(70)61-58-55-52-49-46-43-40-37-34-32-29-26-23-20-17-14-11-8-5-2/h7,10,16-21,25-30,33-34,36-38,41-43,45-47,50,64H,4-6,8-9,11-15,22-24,31-32,35,39-40,44,48-49,51-63H2,1-3H3/b10-7+,19-16+,20-17+,21-18+,28-25+,29-26+,30-27+,36-33+,37-34+,41-38+,45-42+,46-43+,50-47+/t64-/m1/s1. The van der Waals surface area contributed by atoms with Gasteiger partial charge in [-0.25, -0.2) is 0 Å². The van der Waals surface area contributed by atoms with Crippen LogP contribution in [0, 0.1) is 0 Å². The van der Waals surface area contributed by atoms with Crippen molar-refractivity contribution in [3.8, 4) is 0 Å². The van der Waals surface area contributed by atoms with Gasteiger partial charge < -0.3 is 14.2 Å². The highest BCUT2D eigenvalue weighted by Crippen LogP contribution is 2.11. The van der Waals surface area contributed by atoms with E-state index in [9.17, 15) is 14.4 Å². The number of carbonyl (C=O) groups is 3. The maximum Gasteiger partial charge on any atom is 0.306 e. The molecule has 6 heteroatoms. The first-order chi connectivity index (χ1) is 36.0. The second kappa shape index (κ2) is 59.6. The molecule has 0 N–H and O–H groups in total. The third-order valence-corrected chi connectivity index (χ3v) is 11.5. The molecule has 6 nitrogen and oxygen atoms in total. The first-order valence-corrected chi connectivity index (χ1v) is 29.0. The second-order valence-corrected chi connectivity index (χ2v) is 18.5. The van der Waals surface area contributed by atoms with Crippen molar-refractivity contribution in [1.82, 2.24) is 0 Å². The summed E-state index contributed by atoms with van der Waals surface area (Å²) in [4.78, 5) is 38.2. The summed E-state index contributed by atoms with van der Waals surface area (Å²) in [6.07, 6.45) is 86.6. The van der Waals surface area contributed by atoms with E-state index in [2.05, 4.69) is 179 Å². The van der Waals surface area contributed by atoms with Crippen LogP contribution < -0.4 is 0 Å². The van der Waals surface area contributed by atoms with Crippen molar-refractivity contribution in [2.24, 2.45) is 0 Å². The molecule has 0 aliphatic rings.